The van der Waals surface area contributed by atoms with E-state index in [9.17, 15) is 9.18 Å². The number of hydrogen-bond acceptors (Lipinski definition) is 3. The molecule has 1 atom stereocenters. The van der Waals surface area contributed by atoms with Crippen LogP contribution in [0, 0.1) is 11.7 Å². The zero-order valence-corrected chi connectivity index (χ0v) is 18.0. The maximum atomic E-state index is 14.5. The standard InChI is InChI=1S/C24H38FN3O/c1-20(29)28(19-21-9-3-2-4-10-21)16-8-7-13-24(27-17-14-26-15-18-27)22-11-5-6-12-23(22)25/h5-6,11-12,21,24,26H,2-4,7-10,13-19H2,1H3. The molecule has 4 nitrogen and oxygen atoms in total. The van der Waals surface area contributed by atoms with E-state index in [1.54, 1.807) is 19.1 Å². The minimum atomic E-state index is -0.0984. The number of halogens is 1. The number of amides is 1. The van der Waals surface area contributed by atoms with Gasteiger partial charge >= 0.3 is 0 Å². The second-order valence-electron chi connectivity index (χ2n) is 8.79. The van der Waals surface area contributed by atoms with Crippen molar-refractivity contribution >= 4 is 5.91 Å². The van der Waals surface area contributed by atoms with E-state index in [2.05, 4.69) is 15.1 Å². The topological polar surface area (TPSA) is 35.6 Å². The van der Waals surface area contributed by atoms with Gasteiger partial charge in [-0.1, -0.05) is 37.5 Å². The van der Waals surface area contributed by atoms with Gasteiger partial charge in [-0.3, -0.25) is 9.69 Å². The molecule has 0 aromatic heterocycles. The van der Waals surface area contributed by atoms with Crippen molar-refractivity contribution in [3.05, 3.63) is 35.6 Å². The van der Waals surface area contributed by atoms with E-state index >= 15 is 0 Å². The van der Waals surface area contributed by atoms with Crippen molar-refractivity contribution < 1.29 is 9.18 Å². The SMILES string of the molecule is CC(=O)N(CCCCC(c1ccccc1F)N1CCNCC1)CC1CCCCC1. The average molecular weight is 404 g/mol. The maximum absolute atomic E-state index is 14.5. The first-order valence-electron chi connectivity index (χ1n) is 11.6. The highest BCUT2D eigenvalue weighted by Gasteiger charge is 2.24. The molecule has 1 N–H and O–H groups in total. The third-order valence-electron chi connectivity index (χ3n) is 6.66. The first kappa shape index (κ1) is 22.2. The summed E-state index contributed by atoms with van der Waals surface area (Å²) in [5.41, 5.74) is 0.819. The van der Waals surface area contributed by atoms with Crippen molar-refractivity contribution in [3.8, 4) is 0 Å². The second kappa shape index (κ2) is 11.7. The second-order valence-corrected chi connectivity index (χ2v) is 8.79. The molecule has 1 aliphatic heterocycles. The van der Waals surface area contributed by atoms with E-state index in [4.69, 9.17) is 0 Å². The molecular weight excluding hydrogens is 365 g/mol. The van der Waals surface area contributed by atoms with Gasteiger partial charge < -0.3 is 10.2 Å². The third kappa shape index (κ3) is 6.78. The normalized spacial score (nSPS) is 19.8. The van der Waals surface area contributed by atoms with Crippen molar-refractivity contribution in [2.24, 2.45) is 5.92 Å². The van der Waals surface area contributed by atoms with Gasteiger partial charge in [0.25, 0.3) is 0 Å². The van der Waals surface area contributed by atoms with E-state index in [0.717, 1.165) is 64.1 Å². The first-order chi connectivity index (χ1) is 14.1. The third-order valence-corrected chi connectivity index (χ3v) is 6.66. The van der Waals surface area contributed by atoms with E-state index in [-0.39, 0.29) is 17.8 Å². The van der Waals surface area contributed by atoms with Crippen molar-refractivity contribution in [1.82, 2.24) is 15.1 Å². The lowest BCUT2D eigenvalue weighted by Crippen LogP contribution is -2.45. The molecule has 1 unspecified atom stereocenters. The lowest BCUT2D eigenvalue weighted by atomic mass is 9.89. The summed E-state index contributed by atoms with van der Waals surface area (Å²) in [6, 6.07) is 7.35. The van der Waals surface area contributed by atoms with Gasteiger partial charge in [-0.2, -0.15) is 0 Å². The van der Waals surface area contributed by atoms with E-state index < -0.39 is 0 Å². The molecule has 3 rings (SSSR count). The Morgan fingerprint density at radius 1 is 1.17 bits per heavy atom. The molecule has 29 heavy (non-hydrogen) atoms. The van der Waals surface area contributed by atoms with Crippen LogP contribution >= 0.6 is 0 Å². The molecular formula is C24H38FN3O. The summed E-state index contributed by atoms with van der Waals surface area (Å²) in [6.07, 6.45) is 9.44. The molecule has 0 radical (unpaired) electrons. The molecule has 1 aromatic rings. The Morgan fingerprint density at radius 2 is 1.90 bits per heavy atom. The lowest BCUT2D eigenvalue weighted by molar-refractivity contribution is -0.129. The summed E-state index contributed by atoms with van der Waals surface area (Å²) in [6.45, 7) is 7.29. The number of hydrogen-bond donors (Lipinski definition) is 1. The van der Waals surface area contributed by atoms with Crippen LogP contribution in [0.3, 0.4) is 0 Å². The fraction of sp³-hybridized carbons (Fsp3) is 0.708. The molecule has 1 aliphatic carbocycles. The Bertz CT molecular complexity index is 626. The number of nitrogens with zero attached hydrogens (tertiary/aromatic N) is 2. The van der Waals surface area contributed by atoms with Crippen LogP contribution in [0.1, 0.15) is 69.9 Å². The smallest absolute Gasteiger partial charge is 0.219 e. The number of nitrogens with one attached hydrogen (secondary N) is 1. The molecule has 1 saturated heterocycles. The van der Waals surface area contributed by atoms with E-state index in [1.807, 2.05) is 12.1 Å². The Morgan fingerprint density at radius 3 is 2.59 bits per heavy atom. The van der Waals surface area contributed by atoms with Gasteiger partial charge in [-0.25, -0.2) is 4.39 Å². The average Bonchev–Trinajstić information content (AvgIpc) is 2.75. The van der Waals surface area contributed by atoms with Gasteiger partial charge in [0.15, 0.2) is 0 Å². The van der Waals surface area contributed by atoms with Gasteiger partial charge in [0, 0.05) is 57.8 Å². The maximum Gasteiger partial charge on any atom is 0.219 e. The van der Waals surface area contributed by atoms with E-state index in [1.165, 1.54) is 32.1 Å². The van der Waals surface area contributed by atoms with Crippen molar-refractivity contribution in [3.63, 3.8) is 0 Å². The number of rotatable bonds is 9. The zero-order valence-electron chi connectivity index (χ0n) is 18.0. The van der Waals surface area contributed by atoms with Crippen LogP contribution in [-0.4, -0.2) is 55.0 Å². The summed E-state index contributed by atoms with van der Waals surface area (Å²) in [5.74, 6) is 0.779. The molecule has 2 fully saturated rings. The van der Waals surface area contributed by atoms with Gasteiger partial charge in [-0.05, 0) is 44.1 Å². The highest BCUT2D eigenvalue weighted by molar-refractivity contribution is 5.73. The Labute approximate surface area is 175 Å². The number of carbonyl (C=O) groups excluding carboxylic acids is 1. The fourth-order valence-corrected chi connectivity index (χ4v) is 4.97. The molecule has 2 aliphatic rings. The lowest BCUT2D eigenvalue weighted by Gasteiger charge is -2.35. The molecule has 1 heterocycles. The molecule has 1 saturated carbocycles. The van der Waals surface area contributed by atoms with Gasteiger partial charge in [-0.15, -0.1) is 0 Å². The molecule has 1 aromatic carbocycles. The zero-order chi connectivity index (χ0) is 20.5. The van der Waals surface area contributed by atoms with Crippen LogP contribution in [0.5, 0.6) is 0 Å². The van der Waals surface area contributed by atoms with Gasteiger partial charge in [0.05, 0.1) is 0 Å². The number of piperazine rings is 1. The van der Waals surface area contributed by atoms with Crippen LogP contribution in [0.2, 0.25) is 0 Å². The molecule has 5 heteroatoms. The molecule has 0 bridgehead atoms. The van der Waals surface area contributed by atoms with E-state index in [0.29, 0.717) is 5.92 Å². The minimum absolute atomic E-state index is 0.0984. The Balaban J connectivity index is 1.53. The summed E-state index contributed by atoms with van der Waals surface area (Å²) in [4.78, 5) is 16.6. The number of benzene rings is 1. The fourth-order valence-electron chi connectivity index (χ4n) is 4.97. The highest BCUT2D eigenvalue weighted by Crippen LogP contribution is 2.29. The summed E-state index contributed by atoms with van der Waals surface area (Å²) in [5, 5.41) is 3.39. The predicted octanol–water partition coefficient (Wildman–Crippen LogP) is 4.37. The molecule has 162 valence electrons. The quantitative estimate of drug-likeness (QED) is 0.622. The Kier molecular flexibility index (Phi) is 8.93. The summed E-state index contributed by atoms with van der Waals surface area (Å²) < 4.78 is 14.5. The molecule has 0 spiro atoms. The van der Waals surface area contributed by atoms with Crippen LogP contribution < -0.4 is 5.32 Å². The van der Waals surface area contributed by atoms with Crippen molar-refractivity contribution in [1.29, 1.82) is 0 Å². The molecule has 1 amide bonds. The van der Waals surface area contributed by atoms with Crippen LogP contribution in [0.15, 0.2) is 24.3 Å². The van der Waals surface area contributed by atoms with Crippen molar-refractivity contribution in [2.45, 2.75) is 64.3 Å². The monoisotopic (exact) mass is 403 g/mol. The highest BCUT2D eigenvalue weighted by atomic mass is 19.1. The van der Waals surface area contributed by atoms with Gasteiger partial charge in [0.1, 0.15) is 5.82 Å². The summed E-state index contributed by atoms with van der Waals surface area (Å²) >= 11 is 0. The Hall–Kier alpha value is -1.46. The largest absolute Gasteiger partial charge is 0.343 e. The predicted molar refractivity (Wildman–Crippen MR) is 116 cm³/mol. The number of carbonyl (C=O) groups is 1. The van der Waals surface area contributed by atoms with Gasteiger partial charge in [0.2, 0.25) is 5.91 Å². The summed E-state index contributed by atoms with van der Waals surface area (Å²) in [7, 11) is 0. The minimum Gasteiger partial charge on any atom is -0.343 e. The van der Waals surface area contributed by atoms with Crippen LogP contribution in [-0.2, 0) is 4.79 Å². The van der Waals surface area contributed by atoms with Crippen LogP contribution in [0.25, 0.3) is 0 Å². The number of unbranched alkanes of at least 4 members (excludes halogenated alkanes) is 1. The first-order valence-corrected chi connectivity index (χ1v) is 11.6. The van der Waals surface area contributed by atoms with Crippen molar-refractivity contribution in [2.75, 3.05) is 39.3 Å². The van der Waals surface area contributed by atoms with Crippen LogP contribution in [0.4, 0.5) is 4.39 Å².